The maximum Gasteiger partial charge on any atom is 0.244 e. The van der Waals surface area contributed by atoms with Crippen molar-refractivity contribution in [2.75, 3.05) is 19.5 Å². The van der Waals surface area contributed by atoms with Crippen LogP contribution in [0.2, 0.25) is 0 Å². The molecule has 0 saturated carbocycles. The van der Waals surface area contributed by atoms with E-state index in [-0.39, 0.29) is 12.5 Å². The van der Waals surface area contributed by atoms with Crippen molar-refractivity contribution in [3.63, 3.8) is 0 Å². The Morgan fingerprint density at radius 3 is 2.76 bits per heavy atom. The van der Waals surface area contributed by atoms with Gasteiger partial charge < -0.3 is 19.4 Å². The molecule has 3 rings (SSSR count). The van der Waals surface area contributed by atoms with Crippen LogP contribution in [0.5, 0.6) is 11.5 Å². The Morgan fingerprint density at radius 1 is 1.28 bits per heavy atom. The van der Waals surface area contributed by atoms with Crippen molar-refractivity contribution in [3.05, 3.63) is 41.8 Å². The maximum absolute atomic E-state index is 12.2. The topological polar surface area (TPSA) is 78.3 Å². The molecule has 25 heavy (non-hydrogen) atoms. The number of aryl methyl sites for hydroxylation is 1. The van der Waals surface area contributed by atoms with Crippen molar-refractivity contribution >= 4 is 22.9 Å². The predicted octanol–water partition coefficient (Wildman–Crippen LogP) is 2.97. The molecule has 1 amide bonds. The number of rotatable bonds is 6. The number of methoxy groups -OCH3 is 2. The van der Waals surface area contributed by atoms with Crippen LogP contribution in [0.15, 0.2) is 36.1 Å². The molecule has 2 aromatic heterocycles. The zero-order valence-corrected chi connectivity index (χ0v) is 15.0. The van der Waals surface area contributed by atoms with E-state index in [0.717, 1.165) is 16.4 Å². The molecule has 2 heterocycles. The summed E-state index contributed by atoms with van der Waals surface area (Å²) in [5.41, 5.74) is 2.36. The number of benzene rings is 1. The van der Waals surface area contributed by atoms with Gasteiger partial charge in [-0.2, -0.15) is 0 Å². The van der Waals surface area contributed by atoms with Crippen LogP contribution >= 0.6 is 11.3 Å². The van der Waals surface area contributed by atoms with Crippen LogP contribution < -0.4 is 14.8 Å². The van der Waals surface area contributed by atoms with Gasteiger partial charge in [0.05, 0.1) is 20.5 Å². The molecule has 0 spiro atoms. The van der Waals surface area contributed by atoms with Gasteiger partial charge in [0.25, 0.3) is 0 Å². The van der Waals surface area contributed by atoms with E-state index in [4.69, 9.17) is 9.47 Å². The Bertz CT molecular complexity index is 888. The molecule has 0 fully saturated rings. The summed E-state index contributed by atoms with van der Waals surface area (Å²) in [7, 11) is 3.12. The van der Waals surface area contributed by atoms with Gasteiger partial charge in [-0.15, -0.1) is 11.3 Å². The molecule has 1 N–H and O–H groups in total. The van der Waals surface area contributed by atoms with Crippen LogP contribution in [-0.2, 0) is 11.3 Å². The summed E-state index contributed by atoms with van der Waals surface area (Å²) in [5.74, 6) is 1.01. The van der Waals surface area contributed by atoms with E-state index >= 15 is 0 Å². The number of hydrogen-bond acceptors (Lipinski definition) is 6. The molecule has 0 radical (unpaired) electrons. The summed E-state index contributed by atoms with van der Waals surface area (Å²) >= 11 is 1.53. The molecule has 0 aliphatic heterocycles. The van der Waals surface area contributed by atoms with Gasteiger partial charge in [-0.05, 0) is 19.1 Å². The molecule has 0 aliphatic rings. The summed E-state index contributed by atoms with van der Waals surface area (Å²) in [4.78, 5) is 20.9. The molecule has 0 unspecified atom stereocenters. The monoisotopic (exact) mass is 358 g/mol. The van der Waals surface area contributed by atoms with Gasteiger partial charge in [0.1, 0.15) is 17.2 Å². The Kier molecular flexibility index (Phi) is 4.99. The third-order valence-corrected chi connectivity index (χ3v) is 4.45. The largest absolute Gasteiger partial charge is 0.493 e. The van der Waals surface area contributed by atoms with Crippen LogP contribution in [0, 0.1) is 6.92 Å². The second-order valence-electron chi connectivity index (χ2n) is 5.34. The fraction of sp³-hybridized carbons (Fsp3) is 0.235. The van der Waals surface area contributed by atoms with Gasteiger partial charge in [0.15, 0.2) is 11.5 Å². The molecule has 7 nitrogen and oxygen atoms in total. The van der Waals surface area contributed by atoms with E-state index in [1.165, 1.54) is 11.3 Å². The first-order valence-electron chi connectivity index (χ1n) is 7.55. The lowest BCUT2D eigenvalue weighted by Gasteiger charge is -2.10. The highest BCUT2D eigenvalue weighted by molar-refractivity contribution is 7.13. The first-order chi connectivity index (χ1) is 12.1. The minimum atomic E-state index is -0.161. The lowest BCUT2D eigenvalue weighted by atomic mass is 10.2. The van der Waals surface area contributed by atoms with E-state index in [1.54, 1.807) is 43.3 Å². The minimum absolute atomic E-state index is 0.158. The Hall–Kier alpha value is -2.87. The van der Waals surface area contributed by atoms with E-state index in [1.807, 2.05) is 18.5 Å². The molecule has 0 aliphatic carbocycles. The number of nitrogens with one attached hydrogen (secondary N) is 1. The SMILES string of the molecule is COc1ccc(NC(=O)Cn2cnc(-c3nc(C)cs3)c2)cc1OC. The molecule has 1 aromatic carbocycles. The summed E-state index contributed by atoms with van der Waals surface area (Å²) in [5, 5.41) is 5.65. The van der Waals surface area contributed by atoms with Crippen molar-refractivity contribution in [3.8, 4) is 22.2 Å². The standard InChI is InChI=1S/C17H18N4O3S/c1-11-9-25-17(19-11)13-7-21(10-18-13)8-16(22)20-12-4-5-14(23-2)15(6-12)24-3/h4-7,9-10H,8H2,1-3H3,(H,20,22). The van der Waals surface area contributed by atoms with E-state index < -0.39 is 0 Å². The molecule has 0 bridgehead atoms. The van der Waals surface area contributed by atoms with Crippen LogP contribution in [0.25, 0.3) is 10.7 Å². The quantitative estimate of drug-likeness (QED) is 0.733. The van der Waals surface area contributed by atoms with Crippen molar-refractivity contribution in [1.82, 2.24) is 14.5 Å². The number of aromatic nitrogens is 3. The van der Waals surface area contributed by atoms with Crippen molar-refractivity contribution in [1.29, 1.82) is 0 Å². The molecular weight excluding hydrogens is 340 g/mol. The van der Waals surface area contributed by atoms with E-state index in [9.17, 15) is 4.79 Å². The highest BCUT2D eigenvalue weighted by atomic mass is 32.1. The van der Waals surface area contributed by atoms with Crippen molar-refractivity contribution in [2.24, 2.45) is 0 Å². The Morgan fingerprint density at radius 2 is 2.08 bits per heavy atom. The fourth-order valence-electron chi connectivity index (χ4n) is 2.31. The average Bonchev–Trinajstić information content (AvgIpc) is 3.23. The van der Waals surface area contributed by atoms with Crippen LogP contribution in [-0.4, -0.2) is 34.7 Å². The third kappa shape index (κ3) is 3.97. The summed E-state index contributed by atoms with van der Waals surface area (Å²) in [6.45, 7) is 2.10. The average molecular weight is 358 g/mol. The normalized spacial score (nSPS) is 10.5. The molecule has 8 heteroatoms. The lowest BCUT2D eigenvalue weighted by Crippen LogP contribution is -2.17. The van der Waals surface area contributed by atoms with Crippen molar-refractivity contribution in [2.45, 2.75) is 13.5 Å². The van der Waals surface area contributed by atoms with Gasteiger partial charge in [-0.25, -0.2) is 9.97 Å². The number of ether oxygens (including phenoxy) is 2. The number of carbonyl (C=O) groups excluding carboxylic acids is 1. The predicted molar refractivity (Wildman–Crippen MR) is 96.2 cm³/mol. The van der Waals surface area contributed by atoms with Crippen LogP contribution in [0.1, 0.15) is 5.69 Å². The maximum atomic E-state index is 12.2. The number of hydrogen-bond donors (Lipinski definition) is 1. The second-order valence-corrected chi connectivity index (χ2v) is 6.20. The summed E-state index contributed by atoms with van der Waals surface area (Å²) in [6, 6.07) is 5.22. The fourth-order valence-corrected chi connectivity index (χ4v) is 3.07. The highest BCUT2D eigenvalue weighted by Gasteiger charge is 2.10. The molecule has 0 saturated heterocycles. The molecule has 0 atom stereocenters. The number of thiazole rings is 1. The van der Waals surface area contributed by atoms with E-state index in [2.05, 4.69) is 15.3 Å². The number of nitrogens with zero attached hydrogens (tertiary/aromatic N) is 3. The Balaban J connectivity index is 1.66. The molecule has 130 valence electrons. The third-order valence-electron chi connectivity index (χ3n) is 3.46. The van der Waals surface area contributed by atoms with Gasteiger partial charge in [0.2, 0.25) is 5.91 Å². The zero-order chi connectivity index (χ0) is 17.8. The van der Waals surface area contributed by atoms with Gasteiger partial charge in [0, 0.05) is 29.0 Å². The number of anilines is 1. The number of carbonyl (C=O) groups is 1. The number of amides is 1. The smallest absolute Gasteiger partial charge is 0.244 e. The van der Waals surface area contributed by atoms with Crippen LogP contribution in [0.3, 0.4) is 0 Å². The summed E-state index contributed by atoms with van der Waals surface area (Å²) in [6.07, 6.45) is 3.44. The second kappa shape index (κ2) is 7.35. The van der Waals surface area contributed by atoms with Gasteiger partial charge in [-0.1, -0.05) is 0 Å². The van der Waals surface area contributed by atoms with E-state index in [0.29, 0.717) is 17.2 Å². The zero-order valence-electron chi connectivity index (χ0n) is 14.1. The van der Waals surface area contributed by atoms with Gasteiger partial charge in [-0.3, -0.25) is 4.79 Å². The minimum Gasteiger partial charge on any atom is -0.493 e. The first-order valence-corrected chi connectivity index (χ1v) is 8.43. The Labute approximate surface area is 149 Å². The summed E-state index contributed by atoms with van der Waals surface area (Å²) < 4.78 is 12.1. The molecular formula is C17H18N4O3S. The lowest BCUT2D eigenvalue weighted by molar-refractivity contribution is -0.116. The first kappa shape index (κ1) is 17.0. The van der Waals surface area contributed by atoms with Crippen molar-refractivity contribution < 1.29 is 14.3 Å². The molecule has 3 aromatic rings. The van der Waals surface area contributed by atoms with Gasteiger partial charge >= 0.3 is 0 Å². The number of imidazole rings is 1. The highest BCUT2D eigenvalue weighted by Crippen LogP contribution is 2.29. The van der Waals surface area contributed by atoms with Crippen LogP contribution in [0.4, 0.5) is 5.69 Å².